The molecule has 0 spiro atoms. The first-order valence-corrected chi connectivity index (χ1v) is 5.86. The smallest absolute Gasteiger partial charge is 0.199 e. The van der Waals surface area contributed by atoms with Crippen molar-refractivity contribution in [2.24, 2.45) is 0 Å². The number of nitrogens with zero attached hydrogens (tertiary/aromatic N) is 3. The van der Waals surface area contributed by atoms with Crippen molar-refractivity contribution in [3.63, 3.8) is 0 Å². The lowest BCUT2D eigenvalue weighted by molar-refractivity contribution is 0.416. The van der Waals surface area contributed by atoms with Gasteiger partial charge < -0.3 is 4.74 Å². The Bertz CT molecular complexity index is 700. The minimum absolute atomic E-state index is 0.603. The van der Waals surface area contributed by atoms with Crippen molar-refractivity contribution < 1.29 is 4.74 Å². The van der Waals surface area contributed by atoms with Crippen molar-refractivity contribution in [2.75, 3.05) is 7.11 Å². The Morgan fingerprint density at radius 3 is 2.68 bits per heavy atom. The summed E-state index contributed by atoms with van der Waals surface area (Å²) in [6, 6.07) is 9.64. The summed E-state index contributed by atoms with van der Waals surface area (Å²) in [5.41, 5.74) is 2.50. The van der Waals surface area contributed by atoms with Crippen LogP contribution in [0.2, 0.25) is 0 Å². The second kappa shape index (κ2) is 4.56. The molecule has 0 aliphatic heterocycles. The Kier molecular flexibility index (Phi) is 2.75. The van der Waals surface area contributed by atoms with Crippen LogP contribution in [0.15, 0.2) is 30.3 Å². The molecule has 0 unspecified atom stereocenters. The van der Waals surface area contributed by atoms with E-state index in [4.69, 9.17) is 4.74 Å². The molecule has 19 heavy (non-hydrogen) atoms. The van der Waals surface area contributed by atoms with Gasteiger partial charge in [0.15, 0.2) is 5.82 Å². The molecule has 6 nitrogen and oxygen atoms in total. The van der Waals surface area contributed by atoms with Crippen LogP contribution in [0.3, 0.4) is 0 Å². The van der Waals surface area contributed by atoms with E-state index in [-0.39, 0.29) is 0 Å². The largest absolute Gasteiger partial charge is 0.496 e. The molecule has 3 rings (SSSR count). The van der Waals surface area contributed by atoms with Gasteiger partial charge in [-0.25, -0.2) is 4.98 Å². The summed E-state index contributed by atoms with van der Waals surface area (Å²) < 4.78 is 5.33. The Balaban J connectivity index is 2.01. The van der Waals surface area contributed by atoms with E-state index in [9.17, 15) is 0 Å². The van der Waals surface area contributed by atoms with E-state index >= 15 is 0 Å². The summed E-state index contributed by atoms with van der Waals surface area (Å²) in [6.45, 7) is 1.86. The van der Waals surface area contributed by atoms with E-state index in [1.807, 2.05) is 37.3 Å². The topological polar surface area (TPSA) is 79.5 Å². The van der Waals surface area contributed by atoms with E-state index in [0.717, 1.165) is 28.5 Å². The van der Waals surface area contributed by atoms with Crippen LogP contribution in [0, 0.1) is 6.92 Å². The average Bonchev–Trinajstić information content (AvgIpc) is 3.07. The number of para-hydroxylation sites is 1. The maximum Gasteiger partial charge on any atom is 0.199 e. The predicted octanol–water partition coefficient (Wildman–Crippen LogP) is 2.18. The molecule has 1 aromatic carbocycles. The zero-order chi connectivity index (χ0) is 13.2. The number of aryl methyl sites for hydroxylation is 1. The molecule has 0 aliphatic rings. The van der Waals surface area contributed by atoms with Crippen molar-refractivity contribution in [2.45, 2.75) is 6.92 Å². The lowest BCUT2D eigenvalue weighted by Gasteiger charge is -2.04. The van der Waals surface area contributed by atoms with E-state index in [2.05, 4.69) is 25.4 Å². The number of hydrogen-bond donors (Lipinski definition) is 2. The first-order chi connectivity index (χ1) is 9.28. The first kappa shape index (κ1) is 11.5. The third kappa shape index (κ3) is 2.08. The number of rotatable bonds is 3. The molecular weight excluding hydrogens is 242 g/mol. The van der Waals surface area contributed by atoms with E-state index in [1.165, 1.54) is 0 Å². The number of hydrogen-bond acceptors (Lipinski definition) is 4. The second-order valence-electron chi connectivity index (χ2n) is 4.11. The highest BCUT2D eigenvalue weighted by Gasteiger charge is 2.12. The Morgan fingerprint density at radius 2 is 1.95 bits per heavy atom. The number of aromatic nitrogens is 5. The van der Waals surface area contributed by atoms with Crippen LogP contribution < -0.4 is 4.74 Å². The van der Waals surface area contributed by atoms with Gasteiger partial charge in [-0.05, 0) is 25.1 Å². The zero-order valence-electron chi connectivity index (χ0n) is 10.6. The highest BCUT2D eigenvalue weighted by atomic mass is 16.5. The van der Waals surface area contributed by atoms with Gasteiger partial charge in [0, 0.05) is 5.56 Å². The standard InChI is InChI=1S/C13H13N5O/c1-8-14-13(18-15-8)11-7-10(16-17-11)9-5-3-4-6-12(9)19-2/h3-7H,1-2H3,(H,16,17)(H,14,15,18). The molecular formula is C13H13N5O. The Morgan fingerprint density at radius 1 is 1.11 bits per heavy atom. The maximum absolute atomic E-state index is 5.33. The molecule has 2 N–H and O–H groups in total. The quantitative estimate of drug-likeness (QED) is 0.751. The minimum atomic E-state index is 0.603. The number of benzene rings is 1. The SMILES string of the molecule is COc1ccccc1-c1cc(-c2n[nH]c(C)n2)[nH]n1. The molecule has 0 fully saturated rings. The van der Waals surface area contributed by atoms with Gasteiger partial charge in [-0.2, -0.15) is 10.2 Å². The summed E-state index contributed by atoms with van der Waals surface area (Å²) in [4.78, 5) is 4.26. The van der Waals surface area contributed by atoms with Gasteiger partial charge >= 0.3 is 0 Å². The third-order valence-corrected chi connectivity index (χ3v) is 2.80. The Hall–Kier alpha value is -2.63. The molecule has 0 bridgehead atoms. The monoisotopic (exact) mass is 255 g/mol. The van der Waals surface area contributed by atoms with Crippen LogP contribution in [-0.4, -0.2) is 32.5 Å². The molecule has 0 aliphatic carbocycles. The lowest BCUT2D eigenvalue weighted by atomic mass is 10.1. The van der Waals surface area contributed by atoms with E-state index < -0.39 is 0 Å². The fraction of sp³-hybridized carbons (Fsp3) is 0.154. The highest BCUT2D eigenvalue weighted by molar-refractivity contribution is 5.70. The number of nitrogens with one attached hydrogen (secondary N) is 2. The van der Waals surface area contributed by atoms with Crippen molar-refractivity contribution in [3.05, 3.63) is 36.2 Å². The molecule has 96 valence electrons. The van der Waals surface area contributed by atoms with Crippen LogP contribution in [0.25, 0.3) is 22.8 Å². The minimum Gasteiger partial charge on any atom is -0.496 e. The molecule has 2 aromatic heterocycles. The van der Waals surface area contributed by atoms with Crippen molar-refractivity contribution in [1.82, 2.24) is 25.4 Å². The van der Waals surface area contributed by atoms with Gasteiger partial charge in [-0.15, -0.1) is 0 Å². The molecule has 3 aromatic rings. The second-order valence-corrected chi connectivity index (χ2v) is 4.11. The van der Waals surface area contributed by atoms with Crippen molar-refractivity contribution in [3.8, 4) is 28.5 Å². The van der Waals surface area contributed by atoms with Crippen LogP contribution in [0.1, 0.15) is 5.82 Å². The van der Waals surface area contributed by atoms with Crippen LogP contribution in [0.4, 0.5) is 0 Å². The van der Waals surface area contributed by atoms with Gasteiger partial charge in [0.2, 0.25) is 0 Å². The summed E-state index contributed by atoms with van der Waals surface area (Å²) in [6.07, 6.45) is 0. The van der Waals surface area contributed by atoms with Crippen molar-refractivity contribution >= 4 is 0 Å². The van der Waals surface area contributed by atoms with Crippen LogP contribution in [-0.2, 0) is 0 Å². The van der Waals surface area contributed by atoms with Gasteiger partial charge in [0.25, 0.3) is 0 Å². The summed E-state index contributed by atoms with van der Waals surface area (Å²) >= 11 is 0. The molecule has 0 saturated carbocycles. The predicted molar refractivity (Wildman–Crippen MR) is 70.7 cm³/mol. The van der Waals surface area contributed by atoms with Gasteiger partial charge in [0.05, 0.1) is 12.8 Å². The molecule has 0 amide bonds. The van der Waals surface area contributed by atoms with Gasteiger partial charge in [-0.1, -0.05) is 12.1 Å². The molecule has 0 radical (unpaired) electrons. The van der Waals surface area contributed by atoms with Crippen molar-refractivity contribution in [1.29, 1.82) is 0 Å². The summed E-state index contributed by atoms with van der Waals surface area (Å²) in [5.74, 6) is 2.15. The summed E-state index contributed by atoms with van der Waals surface area (Å²) in [5, 5.41) is 14.1. The van der Waals surface area contributed by atoms with Crippen LogP contribution >= 0.6 is 0 Å². The average molecular weight is 255 g/mol. The number of aromatic amines is 2. The van der Waals surface area contributed by atoms with E-state index in [0.29, 0.717) is 5.82 Å². The third-order valence-electron chi connectivity index (χ3n) is 2.80. The molecule has 6 heteroatoms. The molecule has 0 atom stereocenters. The fourth-order valence-corrected chi connectivity index (χ4v) is 1.89. The lowest BCUT2D eigenvalue weighted by Crippen LogP contribution is -1.87. The number of H-pyrrole nitrogens is 2. The highest BCUT2D eigenvalue weighted by Crippen LogP contribution is 2.29. The van der Waals surface area contributed by atoms with Gasteiger partial charge in [-0.3, -0.25) is 10.2 Å². The fourth-order valence-electron chi connectivity index (χ4n) is 1.89. The van der Waals surface area contributed by atoms with Gasteiger partial charge in [0.1, 0.15) is 17.3 Å². The maximum atomic E-state index is 5.33. The number of methoxy groups -OCH3 is 1. The summed E-state index contributed by atoms with van der Waals surface area (Å²) in [7, 11) is 1.64. The molecule has 2 heterocycles. The molecule has 0 saturated heterocycles. The normalized spacial score (nSPS) is 10.6. The van der Waals surface area contributed by atoms with Crippen LogP contribution in [0.5, 0.6) is 5.75 Å². The van der Waals surface area contributed by atoms with E-state index in [1.54, 1.807) is 7.11 Å². The number of ether oxygens (including phenoxy) is 1. The Labute approximate surface area is 109 Å². The zero-order valence-corrected chi connectivity index (χ0v) is 10.6. The first-order valence-electron chi connectivity index (χ1n) is 5.86.